The molecule has 38 valence electrons. The lowest BCUT2D eigenvalue weighted by molar-refractivity contribution is -0.658. The molecular weight excluding hydrogens is 88.1 g/mol. The molecule has 2 bridgehead atoms. The maximum Gasteiger partial charge on any atom is 0.147 e. The number of hydrogen-bond acceptors (Lipinski definition) is 0. The van der Waals surface area contributed by atoms with E-state index < -0.39 is 0 Å². The molecule has 0 radical (unpaired) electrons. The van der Waals surface area contributed by atoms with Crippen LogP contribution in [0, 0.1) is 0 Å². The highest BCUT2D eigenvalue weighted by molar-refractivity contribution is 4.83. The third-order valence-corrected chi connectivity index (χ3v) is 2.13. The van der Waals surface area contributed by atoms with E-state index in [2.05, 4.69) is 0 Å². The predicted octanol–water partition coefficient (Wildman–Crippen LogP) is 0.955. The molecule has 2 atom stereocenters. The van der Waals surface area contributed by atoms with Crippen molar-refractivity contribution >= 4 is 0 Å². The van der Waals surface area contributed by atoms with Crippen molar-refractivity contribution in [3.05, 3.63) is 5.53 Å². The van der Waals surface area contributed by atoms with Gasteiger partial charge in [0.15, 0.2) is 0 Å². The molecule has 2 heteroatoms. The first-order chi connectivity index (χ1) is 3.38. The van der Waals surface area contributed by atoms with E-state index in [0.29, 0.717) is 12.1 Å². The van der Waals surface area contributed by atoms with Crippen molar-refractivity contribution in [2.24, 2.45) is 0 Å². The standard InChI is InChI=1S/C5H8N2/c6-7-4-1-2-5(7)3-4/h4-5H,1-3H2. The Labute approximate surface area is 42.6 Å². The summed E-state index contributed by atoms with van der Waals surface area (Å²) in [7, 11) is 0. The van der Waals surface area contributed by atoms with Gasteiger partial charge in [0.2, 0.25) is 0 Å². The van der Waals surface area contributed by atoms with Gasteiger partial charge in [0, 0.05) is 12.8 Å². The first-order valence-electron chi connectivity index (χ1n) is 2.85. The Morgan fingerprint density at radius 3 is 2.00 bits per heavy atom. The van der Waals surface area contributed by atoms with Crippen LogP contribution in [0.15, 0.2) is 0 Å². The second kappa shape index (κ2) is 0.881. The molecule has 2 heterocycles. The molecule has 3 fully saturated rings. The lowest BCUT2D eigenvalue weighted by Crippen LogP contribution is -2.37. The molecule has 1 aliphatic carbocycles. The van der Waals surface area contributed by atoms with Crippen LogP contribution in [0.4, 0.5) is 0 Å². The van der Waals surface area contributed by atoms with Crippen molar-refractivity contribution in [1.29, 1.82) is 0 Å². The van der Waals surface area contributed by atoms with Crippen molar-refractivity contribution < 1.29 is 4.70 Å². The summed E-state index contributed by atoms with van der Waals surface area (Å²) in [5.41, 5.74) is 8.88. The van der Waals surface area contributed by atoms with E-state index in [9.17, 15) is 0 Å². The van der Waals surface area contributed by atoms with Gasteiger partial charge >= 0.3 is 0 Å². The Kier molecular flexibility index (Phi) is 0.451. The van der Waals surface area contributed by atoms with E-state index >= 15 is 0 Å². The number of fused-ring (bicyclic) bond motifs is 1. The number of hydrogen-bond donors (Lipinski definition) is 0. The molecule has 0 aromatic rings. The summed E-state index contributed by atoms with van der Waals surface area (Å²) in [6.07, 6.45) is 3.69. The lowest BCUT2D eigenvalue weighted by atomic mass is 10.1. The molecule has 0 amide bonds. The molecule has 0 N–H and O–H groups in total. The molecule has 0 aromatic heterocycles. The fraction of sp³-hybridized carbons (Fsp3) is 1.00. The first-order valence-corrected chi connectivity index (χ1v) is 2.85. The molecule has 3 rings (SSSR count). The Hall–Kier alpha value is -0.400. The molecule has 2 aliphatic heterocycles. The molecule has 2 saturated heterocycles. The normalized spacial score (nSPS) is 46.6. The summed E-state index contributed by atoms with van der Waals surface area (Å²) in [5.74, 6) is 0. The SMILES string of the molecule is [N-]=[N+]1C2CCC1C2. The van der Waals surface area contributed by atoms with Gasteiger partial charge < -0.3 is 10.2 Å². The summed E-state index contributed by atoms with van der Waals surface area (Å²) >= 11 is 0. The van der Waals surface area contributed by atoms with Crippen LogP contribution >= 0.6 is 0 Å². The maximum atomic E-state index is 8.88. The summed E-state index contributed by atoms with van der Waals surface area (Å²) in [5, 5.41) is 0. The smallest absolute Gasteiger partial charge is 0.147 e. The van der Waals surface area contributed by atoms with Crippen molar-refractivity contribution in [3.8, 4) is 0 Å². The van der Waals surface area contributed by atoms with Gasteiger partial charge in [0.1, 0.15) is 12.1 Å². The van der Waals surface area contributed by atoms with Crippen molar-refractivity contribution in [3.63, 3.8) is 0 Å². The summed E-state index contributed by atoms with van der Waals surface area (Å²) in [4.78, 5) is 0. The van der Waals surface area contributed by atoms with Gasteiger partial charge in [0.25, 0.3) is 0 Å². The highest BCUT2D eigenvalue weighted by Crippen LogP contribution is 2.35. The first kappa shape index (κ1) is 3.58. The third kappa shape index (κ3) is 0.263. The quantitative estimate of drug-likeness (QED) is 0.401. The fourth-order valence-electron chi connectivity index (χ4n) is 1.58. The Balaban J connectivity index is 2.29. The highest BCUT2D eigenvalue weighted by atomic mass is 15.3. The monoisotopic (exact) mass is 96.1 g/mol. The zero-order chi connectivity index (χ0) is 4.85. The van der Waals surface area contributed by atoms with E-state index in [1.165, 1.54) is 24.0 Å². The van der Waals surface area contributed by atoms with Gasteiger partial charge in [-0.1, -0.05) is 0 Å². The van der Waals surface area contributed by atoms with E-state index in [-0.39, 0.29) is 0 Å². The largest absolute Gasteiger partial charge is 0.506 e. The molecule has 2 nitrogen and oxygen atoms in total. The van der Waals surface area contributed by atoms with Crippen molar-refractivity contribution in [2.45, 2.75) is 31.3 Å². The summed E-state index contributed by atoms with van der Waals surface area (Å²) in [6, 6.07) is 1.09. The van der Waals surface area contributed by atoms with E-state index in [1.807, 2.05) is 0 Å². The molecule has 3 aliphatic rings. The zero-order valence-corrected chi connectivity index (χ0v) is 4.17. The van der Waals surface area contributed by atoms with Crippen LogP contribution in [0.3, 0.4) is 0 Å². The molecule has 7 heavy (non-hydrogen) atoms. The Morgan fingerprint density at radius 1 is 1.29 bits per heavy atom. The van der Waals surface area contributed by atoms with Crippen LogP contribution in [-0.4, -0.2) is 16.8 Å². The third-order valence-electron chi connectivity index (χ3n) is 2.13. The van der Waals surface area contributed by atoms with Crippen LogP contribution < -0.4 is 0 Å². The predicted molar refractivity (Wildman–Crippen MR) is 25.0 cm³/mol. The maximum absolute atomic E-state index is 8.88. The van der Waals surface area contributed by atoms with Gasteiger partial charge in [-0.2, -0.15) is 0 Å². The van der Waals surface area contributed by atoms with Gasteiger partial charge in [-0.05, 0) is 0 Å². The van der Waals surface area contributed by atoms with Crippen LogP contribution in [-0.2, 0) is 0 Å². The van der Waals surface area contributed by atoms with E-state index in [4.69, 9.17) is 5.53 Å². The fourth-order valence-corrected chi connectivity index (χ4v) is 1.58. The van der Waals surface area contributed by atoms with Crippen LogP contribution in [0.2, 0.25) is 0 Å². The topological polar surface area (TPSA) is 25.3 Å². The molecule has 1 saturated carbocycles. The number of nitrogens with zero attached hydrogens (tertiary/aromatic N) is 2. The minimum Gasteiger partial charge on any atom is -0.506 e. The van der Waals surface area contributed by atoms with Gasteiger partial charge in [-0.15, -0.1) is 0 Å². The van der Waals surface area contributed by atoms with Crippen molar-refractivity contribution in [1.82, 2.24) is 0 Å². The van der Waals surface area contributed by atoms with Crippen LogP contribution in [0.25, 0.3) is 5.53 Å². The average molecular weight is 96.1 g/mol. The molecule has 0 aromatic carbocycles. The number of rotatable bonds is 0. The molecular formula is C5H8N2. The zero-order valence-electron chi connectivity index (χ0n) is 4.17. The van der Waals surface area contributed by atoms with E-state index in [1.54, 1.807) is 0 Å². The summed E-state index contributed by atoms with van der Waals surface area (Å²) < 4.78 is 1.50. The van der Waals surface area contributed by atoms with Gasteiger partial charge in [0.05, 0.1) is 6.42 Å². The average Bonchev–Trinajstić information content (AvgIpc) is 2.18. The highest BCUT2D eigenvalue weighted by Gasteiger charge is 2.45. The second-order valence-electron chi connectivity index (χ2n) is 2.50. The van der Waals surface area contributed by atoms with Crippen LogP contribution in [0.5, 0.6) is 0 Å². The van der Waals surface area contributed by atoms with Crippen LogP contribution in [0.1, 0.15) is 19.3 Å². The minimum absolute atomic E-state index is 0.546. The van der Waals surface area contributed by atoms with Gasteiger partial charge in [-0.25, -0.2) is 0 Å². The van der Waals surface area contributed by atoms with Crippen molar-refractivity contribution in [2.75, 3.05) is 0 Å². The van der Waals surface area contributed by atoms with E-state index in [0.717, 1.165) is 0 Å². The van der Waals surface area contributed by atoms with Gasteiger partial charge in [-0.3, -0.25) is 0 Å². The molecule has 2 unspecified atom stereocenters. The Bertz CT molecular complexity index is 103. The Morgan fingerprint density at radius 2 is 1.86 bits per heavy atom. The summed E-state index contributed by atoms with van der Waals surface area (Å²) in [6.45, 7) is 0. The molecule has 0 spiro atoms. The minimum atomic E-state index is 0.546. The second-order valence-corrected chi connectivity index (χ2v) is 2.50. The lowest BCUT2D eigenvalue weighted by Gasteiger charge is -2.24.